The summed E-state index contributed by atoms with van der Waals surface area (Å²) < 4.78 is 5.66. The lowest BCUT2D eigenvalue weighted by atomic mass is 9.98. The van der Waals surface area contributed by atoms with Gasteiger partial charge in [-0.25, -0.2) is 0 Å². The predicted molar refractivity (Wildman–Crippen MR) is 87.2 cm³/mol. The zero-order chi connectivity index (χ0) is 15.5. The highest BCUT2D eigenvalue weighted by molar-refractivity contribution is 6.30. The molecular formula is C18H18ClNO2. The molecule has 0 saturated heterocycles. The molecule has 1 unspecified atom stereocenters. The molecule has 0 bridgehead atoms. The number of para-hydroxylation sites is 1. The number of fused-ring (bicyclic) bond motifs is 1. The Labute approximate surface area is 135 Å². The molecule has 0 fully saturated rings. The van der Waals surface area contributed by atoms with Crippen molar-refractivity contribution in [1.82, 2.24) is 4.90 Å². The number of nitrogens with zero attached hydrogens (tertiary/aromatic N) is 1. The number of benzene rings is 2. The van der Waals surface area contributed by atoms with Crippen LogP contribution in [0.4, 0.5) is 0 Å². The number of hydrogen-bond acceptors (Lipinski definition) is 2. The Bertz CT molecular complexity index is 669. The summed E-state index contributed by atoms with van der Waals surface area (Å²) >= 11 is 5.88. The average molecular weight is 316 g/mol. The minimum atomic E-state index is 0.0738. The predicted octanol–water partition coefficient (Wildman–Crippen LogP) is 3.86. The van der Waals surface area contributed by atoms with Gasteiger partial charge in [-0.05, 0) is 23.8 Å². The van der Waals surface area contributed by atoms with Crippen molar-refractivity contribution in [3.05, 3.63) is 64.7 Å². The molecule has 1 heterocycles. The molecule has 0 radical (unpaired) electrons. The summed E-state index contributed by atoms with van der Waals surface area (Å²) in [6.45, 7) is 0.639. The number of halogens is 1. The number of carbonyl (C=O) groups is 1. The highest BCUT2D eigenvalue weighted by atomic mass is 35.5. The summed E-state index contributed by atoms with van der Waals surface area (Å²) in [5, 5.41) is 0.683. The van der Waals surface area contributed by atoms with Gasteiger partial charge >= 0.3 is 0 Å². The van der Waals surface area contributed by atoms with E-state index in [0.717, 1.165) is 23.3 Å². The number of carbonyl (C=O) groups excluding carboxylic acids is 1. The minimum Gasteiger partial charge on any atom is -0.493 e. The molecule has 3 nitrogen and oxygen atoms in total. The fourth-order valence-corrected chi connectivity index (χ4v) is 2.93. The molecule has 0 aromatic heterocycles. The van der Waals surface area contributed by atoms with E-state index in [0.29, 0.717) is 18.1 Å². The fourth-order valence-electron chi connectivity index (χ4n) is 2.80. The SMILES string of the molecule is CN(C(=O)Cc1ccc(Cl)cc1)C1CCOc2ccccc21. The van der Waals surface area contributed by atoms with Gasteiger partial charge in [0.15, 0.2) is 0 Å². The van der Waals surface area contributed by atoms with Gasteiger partial charge < -0.3 is 9.64 Å². The maximum Gasteiger partial charge on any atom is 0.227 e. The number of likely N-dealkylation sites (N-methyl/N-ethyl adjacent to an activating group) is 1. The second kappa shape index (κ2) is 6.41. The molecule has 2 aromatic rings. The molecule has 0 N–H and O–H groups in total. The van der Waals surface area contributed by atoms with Crippen LogP contribution in [-0.4, -0.2) is 24.5 Å². The Balaban J connectivity index is 1.75. The van der Waals surface area contributed by atoms with Crippen LogP contribution in [0.1, 0.15) is 23.6 Å². The van der Waals surface area contributed by atoms with E-state index in [2.05, 4.69) is 0 Å². The van der Waals surface area contributed by atoms with Gasteiger partial charge in [0.2, 0.25) is 5.91 Å². The maximum atomic E-state index is 12.6. The van der Waals surface area contributed by atoms with E-state index in [1.807, 2.05) is 60.5 Å². The number of hydrogen-bond donors (Lipinski definition) is 0. The molecule has 1 atom stereocenters. The lowest BCUT2D eigenvalue weighted by molar-refractivity contribution is -0.131. The monoisotopic (exact) mass is 315 g/mol. The zero-order valence-corrected chi connectivity index (χ0v) is 13.2. The lowest BCUT2D eigenvalue weighted by Gasteiger charge is -2.33. The number of rotatable bonds is 3. The van der Waals surface area contributed by atoms with Gasteiger partial charge in [-0.1, -0.05) is 41.9 Å². The molecule has 3 rings (SSSR count). The van der Waals surface area contributed by atoms with Crippen LogP contribution >= 0.6 is 11.6 Å². The van der Waals surface area contributed by atoms with Crippen molar-refractivity contribution in [2.45, 2.75) is 18.9 Å². The molecule has 0 aliphatic carbocycles. The number of ether oxygens (including phenoxy) is 1. The van der Waals surface area contributed by atoms with Crippen LogP contribution in [0.15, 0.2) is 48.5 Å². The van der Waals surface area contributed by atoms with Crippen molar-refractivity contribution in [2.75, 3.05) is 13.7 Å². The third-order valence-corrected chi connectivity index (χ3v) is 4.31. The van der Waals surface area contributed by atoms with Crippen molar-refractivity contribution in [3.63, 3.8) is 0 Å². The quantitative estimate of drug-likeness (QED) is 0.860. The van der Waals surface area contributed by atoms with Crippen LogP contribution in [0.2, 0.25) is 5.02 Å². The summed E-state index contributed by atoms with van der Waals surface area (Å²) in [5.41, 5.74) is 2.06. The van der Waals surface area contributed by atoms with E-state index in [9.17, 15) is 4.79 Å². The van der Waals surface area contributed by atoms with Gasteiger partial charge in [-0.2, -0.15) is 0 Å². The second-order valence-corrected chi connectivity index (χ2v) is 5.94. The Morgan fingerprint density at radius 1 is 1.23 bits per heavy atom. The van der Waals surface area contributed by atoms with E-state index in [-0.39, 0.29) is 11.9 Å². The highest BCUT2D eigenvalue weighted by Crippen LogP contribution is 2.35. The van der Waals surface area contributed by atoms with Crippen molar-refractivity contribution < 1.29 is 9.53 Å². The molecule has 2 aromatic carbocycles. The van der Waals surface area contributed by atoms with Crippen LogP contribution < -0.4 is 4.74 Å². The topological polar surface area (TPSA) is 29.5 Å². The first-order chi connectivity index (χ1) is 10.6. The molecular weight excluding hydrogens is 298 g/mol. The Kier molecular flexibility index (Phi) is 4.34. The van der Waals surface area contributed by atoms with Gasteiger partial charge in [0.05, 0.1) is 19.1 Å². The van der Waals surface area contributed by atoms with Crippen molar-refractivity contribution in [3.8, 4) is 5.75 Å². The summed E-state index contributed by atoms with van der Waals surface area (Å²) in [6.07, 6.45) is 1.20. The number of amides is 1. The molecule has 114 valence electrons. The van der Waals surface area contributed by atoms with Crippen LogP contribution in [-0.2, 0) is 11.2 Å². The van der Waals surface area contributed by atoms with E-state index in [4.69, 9.17) is 16.3 Å². The molecule has 0 spiro atoms. The Morgan fingerprint density at radius 2 is 1.95 bits per heavy atom. The van der Waals surface area contributed by atoms with Crippen molar-refractivity contribution in [2.24, 2.45) is 0 Å². The van der Waals surface area contributed by atoms with E-state index in [1.54, 1.807) is 0 Å². The van der Waals surface area contributed by atoms with Crippen molar-refractivity contribution in [1.29, 1.82) is 0 Å². The van der Waals surface area contributed by atoms with Crippen LogP contribution in [0.5, 0.6) is 5.75 Å². The summed E-state index contributed by atoms with van der Waals surface area (Å²) in [7, 11) is 1.87. The minimum absolute atomic E-state index is 0.0738. The first-order valence-corrected chi connectivity index (χ1v) is 7.75. The Hall–Kier alpha value is -2.00. The smallest absolute Gasteiger partial charge is 0.227 e. The summed E-state index contributed by atoms with van der Waals surface area (Å²) in [4.78, 5) is 14.4. The second-order valence-electron chi connectivity index (χ2n) is 5.50. The van der Waals surface area contributed by atoms with E-state index < -0.39 is 0 Å². The summed E-state index contributed by atoms with van der Waals surface area (Å²) in [5.74, 6) is 0.980. The first-order valence-electron chi connectivity index (χ1n) is 7.37. The largest absolute Gasteiger partial charge is 0.493 e. The van der Waals surface area contributed by atoms with Crippen LogP contribution in [0, 0.1) is 0 Å². The van der Waals surface area contributed by atoms with Gasteiger partial charge in [-0.15, -0.1) is 0 Å². The molecule has 22 heavy (non-hydrogen) atoms. The van der Waals surface area contributed by atoms with Gasteiger partial charge in [0.25, 0.3) is 0 Å². The maximum absolute atomic E-state index is 12.6. The third-order valence-electron chi connectivity index (χ3n) is 4.06. The first kappa shape index (κ1) is 14.9. The van der Waals surface area contributed by atoms with Gasteiger partial charge in [-0.3, -0.25) is 4.79 Å². The molecule has 1 aliphatic rings. The van der Waals surface area contributed by atoms with E-state index >= 15 is 0 Å². The molecule has 1 amide bonds. The highest BCUT2D eigenvalue weighted by Gasteiger charge is 2.27. The normalized spacial score (nSPS) is 16.5. The molecule has 0 saturated carbocycles. The van der Waals surface area contributed by atoms with Gasteiger partial charge in [0.1, 0.15) is 5.75 Å². The molecule has 4 heteroatoms. The molecule has 1 aliphatic heterocycles. The lowest BCUT2D eigenvalue weighted by Crippen LogP contribution is -2.35. The average Bonchev–Trinajstić information content (AvgIpc) is 2.55. The van der Waals surface area contributed by atoms with E-state index in [1.165, 1.54) is 0 Å². The van der Waals surface area contributed by atoms with Crippen LogP contribution in [0.25, 0.3) is 0 Å². The van der Waals surface area contributed by atoms with Crippen LogP contribution in [0.3, 0.4) is 0 Å². The fraction of sp³-hybridized carbons (Fsp3) is 0.278. The van der Waals surface area contributed by atoms with Gasteiger partial charge in [0, 0.05) is 24.1 Å². The zero-order valence-electron chi connectivity index (χ0n) is 12.5. The Morgan fingerprint density at radius 3 is 2.73 bits per heavy atom. The van der Waals surface area contributed by atoms with Crippen molar-refractivity contribution >= 4 is 17.5 Å². The standard InChI is InChI=1S/C18H18ClNO2/c1-20(18(21)12-13-6-8-14(19)9-7-13)16-10-11-22-17-5-3-2-4-15(16)17/h2-9,16H,10-12H2,1H3. The summed E-state index contributed by atoms with van der Waals surface area (Å²) in [6, 6.07) is 15.4. The third kappa shape index (κ3) is 3.09.